The third kappa shape index (κ3) is 9.61. The van der Waals surface area contributed by atoms with Gasteiger partial charge in [-0.15, -0.1) is 0 Å². The highest BCUT2D eigenvalue weighted by molar-refractivity contribution is 4.76. The number of unbranched alkanes of at least 4 members (excludes halogenated alkanes) is 1. The molecule has 0 saturated heterocycles. The van der Waals surface area contributed by atoms with Crippen molar-refractivity contribution in [3.63, 3.8) is 0 Å². The van der Waals surface area contributed by atoms with Crippen LogP contribution in [0, 0.1) is 11.3 Å². The summed E-state index contributed by atoms with van der Waals surface area (Å²) >= 11 is 0. The maximum atomic E-state index is 5.68. The first-order valence-electron chi connectivity index (χ1n) is 7.19. The van der Waals surface area contributed by atoms with Gasteiger partial charge in [-0.3, -0.25) is 0 Å². The second-order valence-electron chi connectivity index (χ2n) is 6.38. The van der Waals surface area contributed by atoms with Crippen LogP contribution in [0.1, 0.15) is 60.8 Å². The van der Waals surface area contributed by atoms with Crippen molar-refractivity contribution < 1.29 is 4.74 Å². The van der Waals surface area contributed by atoms with E-state index in [1.54, 1.807) is 0 Å². The molecule has 0 aromatic carbocycles. The molecule has 0 bridgehead atoms. The van der Waals surface area contributed by atoms with Crippen LogP contribution in [0.3, 0.4) is 0 Å². The third-order valence-corrected chi connectivity index (χ3v) is 3.25. The van der Waals surface area contributed by atoms with Gasteiger partial charge in [-0.1, -0.05) is 48.0 Å². The summed E-state index contributed by atoms with van der Waals surface area (Å²) in [6, 6.07) is 0.570. The molecule has 0 fully saturated rings. The molecule has 0 aromatic heterocycles. The Balaban J connectivity index is 3.87. The molecule has 0 aromatic rings. The van der Waals surface area contributed by atoms with E-state index in [1.165, 1.54) is 12.8 Å². The quantitative estimate of drug-likeness (QED) is 0.621. The lowest BCUT2D eigenvalue weighted by Crippen LogP contribution is -2.35. The van der Waals surface area contributed by atoms with E-state index in [9.17, 15) is 0 Å². The Labute approximate surface area is 109 Å². The van der Waals surface area contributed by atoms with E-state index in [0.717, 1.165) is 26.2 Å². The molecule has 0 rings (SSSR count). The molecule has 2 nitrogen and oxygen atoms in total. The zero-order valence-corrected chi connectivity index (χ0v) is 12.8. The third-order valence-electron chi connectivity index (χ3n) is 3.25. The molecule has 1 N–H and O–H groups in total. The van der Waals surface area contributed by atoms with Gasteiger partial charge in [-0.25, -0.2) is 0 Å². The number of ether oxygens (including phenoxy) is 1. The smallest absolute Gasteiger partial charge is 0.0469 e. The molecule has 0 saturated carbocycles. The van der Waals surface area contributed by atoms with E-state index in [0.29, 0.717) is 17.4 Å². The lowest BCUT2D eigenvalue weighted by Gasteiger charge is -2.31. The molecular formula is C15H33NO. The van der Waals surface area contributed by atoms with Gasteiger partial charge in [0.15, 0.2) is 0 Å². The fourth-order valence-corrected chi connectivity index (χ4v) is 1.79. The summed E-state index contributed by atoms with van der Waals surface area (Å²) in [5.74, 6) is 0.687. The minimum atomic E-state index is 0.357. The molecule has 1 unspecified atom stereocenters. The highest BCUT2D eigenvalue weighted by atomic mass is 16.5. The van der Waals surface area contributed by atoms with E-state index < -0.39 is 0 Å². The number of hydrogen-bond donors (Lipinski definition) is 1. The Morgan fingerprint density at radius 3 is 2.24 bits per heavy atom. The van der Waals surface area contributed by atoms with Gasteiger partial charge in [-0.2, -0.15) is 0 Å². The summed E-state index contributed by atoms with van der Waals surface area (Å²) in [6.07, 6.45) is 3.56. The summed E-state index contributed by atoms with van der Waals surface area (Å²) in [4.78, 5) is 0. The minimum absolute atomic E-state index is 0.357. The van der Waals surface area contributed by atoms with Crippen molar-refractivity contribution in [2.24, 2.45) is 11.3 Å². The van der Waals surface area contributed by atoms with Crippen LogP contribution in [0.25, 0.3) is 0 Å². The van der Waals surface area contributed by atoms with Crippen molar-refractivity contribution in [1.29, 1.82) is 0 Å². The van der Waals surface area contributed by atoms with Gasteiger partial charge in [0.2, 0.25) is 0 Å². The SMILES string of the molecule is CCCCOCCC(CNC(C)C)C(C)(C)C. The molecule has 0 spiro atoms. The van der Waals surface area contributed by atoms with Crippen LogP contribution < -0.4 is 5.32 Å². The largest absolute Gasteiger partial charge is 0.381 e. The average Bonchev–Trinajstić information content (AvgIpc) is 2.19. The first-order valence-corrected chi connectivity index (χ1v) is 7.19. The van der Waals surface area contributed by atoms with Crippen LogP contribution in [0.15, 0.2) is 0 Å². The summed E-state index contributed by atoms with van der Waals surface area (Å²) in [5.41, 5.74) is 0.357. The van der Waals surface area contributed by atoms with Crippen LogP contribution in [0.4, 0.5) is 0 Å². The first-order chi connectivity index (χ1) is 7.88. The Kier molecular flexibility index (Phi) is 8.89. The summed E-state index contributed by atoms with van der Waals surface area (Å²) in [6.45, 7) is 16.5. The van der Waals surface area contributed by atoms with Gasteiger partial charge in [-0.05, 0) is 30.7 Å². The normalized spacial score (nSPS) is 14.3. The van der Waals surface area contributed by atoms with Crippen LogP contribution >= 0.6 is 0 Å². The fourth-order valence-electron chi connectivity index (χ4n) is 1.79. The van der Waals surface area contributed by atoms with Crippen molar-refractivity contribution in [2.45, 2.75) is 66.8 Å². The maximum absolute atomic E-state index is 5.68. The molecule has 1 atom stereocenters. The van der Waals surface area contributed by atoms with Crippen molar-refractivity contribution in [2.75, 3.05) is 19.8 Å². The molecule has 0 radical (unpaired) electrons. The topological polar surface area (TPSA) is 21.3 Å². The van der Waals surface area contributed by atoms with Gasteiger partial charge in [0.1, 0.15) is 0 Å². The Morgan fingerprint density at radius 2 is 1.76 bits per heavy atom. The Morgan fingerprint density at radius 1 is 1.12 bits per heavy atom. The Hall–Kier alpha value is -0.0800. The second-order valence-corrected chi connectivity index (χ2v) is 6.38. The predicted molar refractivity (Wildman–Crippen MR) is 76.4 cm³/mol. The van der Waals surface area contributed by atoms with Crippen molar-refractivity contribution in [3.8, 4) is 0 Å². The molecule has 2 heteroatoms. The van der Waals surface area contributed by atoms with Gasteiger partial charge in [0, 0.05) is 19.3 Å². The standard InChI is InChI=1S/C15H33NO/c1-7-8-10-17-11-9-14(15(4,5)6)12-16-13(2)3/h13-14,16H,7-12H2,1-6H3. The number of nitrogens with one attached hydrogen (secondary N) is 1. The minimum Gasteiger partial charge on any atom is -0.381 e. The zero-order valence-electron chi connectivity index (χ0n) is 12.8. The summed E-state index contributed by atoms with van der Waals surface area (Å²) in [7, 11) is 0. The second kappa shape index (κ2) is 8.93. The molecule has 0 amide bonds. The highest BCUT2D eigenvalue weighted by Crippen LogP contribution is 2.28. The van der Waals surface area contributed by atoms with Gasteiger partial charge < -0.3 is 10.1 Å². The van der Waals surface area contributed by atoms with E-state index in [2.05, 4.69) is 46.9 Å². The summed E-state index contributed by atoms with van der Waals surface area (Å²) < 4.78 is 5.68. The molecule has 104 valence electrons. The fraction of sp³-hybridized carbons (Fsp3) is 1.00. The van der Waals surface area contributed by atoms with Crippen LogP contribution in [-0.4, -0.2) is 25.8 Å². The van der Waals surface area contributed by atoms with Gasteiger partial charge >= 0.3 is 0 Å². The Bertz CT molecular complexity index is 172. The highest BCUT2D eigenvalue weighted by Gasteiger charge is 2.24. The van der Waals surface area contributed by atoms with Gasteiger partial charge in [0.05, 0.1) is 0 Å². The van der Waals surface area contributed by atoms with E-state index >= 15 is 0 Å². The van der Waals surface area contributed by atoms with Crippen LogP contribution in [-0.2, 0) is 4.74 Å². The zero-order chi connectivity index (χ0) is 13.3. The average molecular weight is 243 g/mol. The molecule has 17 heavy (non-hydrogen) atoms. The molecule has 0 aliphatic heterocycles. The van der Waals surface area contributed by atoms with Crippen molar-refractivity contribution in [1.82, 2.24) is 5.32 Å². The first kappa shape index (κ1) is 16.9. The molecule has 0 heterocycles. The predicted octanol–water partition coefficient (Wildman–Crippen LogP) is 3.85. The summed E-state index contributed by atoms with van der Waals surface area (Å²) in [5, 5.41) is 3.55. The monoisotopic (exact) mass is 243 g/mol. The van der Waals surface area contributed by atoms with Crippen LogP contribution in [0.5, 0.6) is 0 Å². The maximum Gasteiger partial charge on any atom is 0.0469 e. The van der Waals surface area contributed by atoms with E-state index in [-0.39, 0.29) is 0 Å². The van der Waals surface area contributed by atoms with E-state index in [1.807, 2.05) is 0 Å². The van der Waals surface area contributed by atoms with Gasteiger partial charge in [0.25, 0.3) is 0 Å². The van der Waals surface area contributed by atoms with Crippen LogP contribution in [0.2, 0.25) is 0 Å². The number of hydrogen-bond acceptors (Lipinski definition) is 2. The van der Waals surface area contributed by atoms with Crippen molar-refractivity contribution in [3.05, 3.63) is 0 Å². The lowest BCUT2D eigenvalue weighted by molar-refractivity contribution is 0.0939. The molecule has 0 aliphatic carbocycles. The number of rotatable bonds is 9. The lowest BCUT2D eigenvalue weighted by atomic mass is 9.79. The molecule has 0 aliphatic rings. The van der Waals surface area contributed by atoms with E-state index in [4.69, 9.17) is 4.74 Å². The van der Waals surface area contributed by atoms with Crippen molar-refractivity contribution >= 4 is 0 Å². The molecular weight excluding hydrogens is 210 g/mol.